The Labute approximate surface area is 99.3 Å². The highest BCUT2D eigenvalue weighted by molar-refractivity contribution is 7.90. The first-order valence-electron chi connectivity index (χ1n) is 4.04. The highest BCUT2D eigenvalue weighted by Gasteiger charge is 2.35. The van der Waals surface area contributed by atoms with Crippen molar-refractivity contribution in [2.24, 2.45) is 5.73 Å². The summed E-state index contributed by atoms with van der Waals surface area (Å²) in [4.78, 5) is 10.8. The zero-order valence-electron chi connectivity index (χ0n) is 8.41. The normalized spacial score (nSPS) is 24.5. The Morgan fingerprint density at radius 3 is 2.44 bits per heavy atom. The maximum absolute atomic E-state index is 11.1. The molecule has 0 fully saturated rings. The number of halogens is 1. The number of methoxy groups -OCH3 is 1. The number of amides is 1. The van der Waals surface area contributed by atoms with Gasteiger partial charge >= 0.3 is 0 Å². The Balaban J connectivity index is 0.00000225. The summed E-state index contributed by atoms with van der Waals surface area (Å²) in [6.45, 7) is 0. The predicted octanol–water partition coefficient (Wildman–Crippen LogP) is 0.0103. The van der Waals surface area contributed by atoms with Crippen LogP contribution in [-0.4, -0.2) is 31.6 Å². The fourth-order valence-electron chi connectivity index (χ4n) is 1.23. The smallest absolute Gasteiger partial charge is 0.294 e. The second-order valence-corrected chi connectivity index (χ2v) is 4.50. The lowest BCUT2D eigenvalue weighted by molar-refractivity contribution is -0.134. The van der Waals surface area contributed by atoms with E-state index in [1.165, 1.54) is 19.3 Å². The van der Waals surface area contributed by atoms with Crippen LogP contribution in [0, 0.1) is 0 Å². The molecule has 0 bridgehead atoms. The lowest BCUT2D eigenvalue weighted by atomic mass is 9.94. The van der Waals surface area contributed by atoms with E-state index >= 15 is 0 Å². The number of rotatable bonds is 3. The molecule has 1 aliphatic rings. The number of allylic oxidation sites excluding steroid dienone is 1. The molecular formula is C8H12ClNO5S. The van der Waals surface area contributed by atoms with E-state index in [9.17, 15) is 13.2 Å². The van der Waals surface area contributed by atoms with Gasteiger partial charge in [-0.25, -0.2) is 0 Å². The molecule has 0 spiro atoms. The van der Waals surface area contributed by atoms with Crippen molar-refractivity contribution in [2.45, 2.75) is 12.0 Å². The molecule has 0 radical (unpaired) electrons. The Morgan fingerprint density at radius 2 is 2.19 bits per heavy atom. The summed E-state index contributed by atoms with van der Waals surface area (Å²) in [5.41, 5.74) is 3.79. The van der Waals surface area contributed by atoms with Crippen molar-refractivity contribution in [1.29, 1.82) is 0 Å². The first kappa shape index (κ1) is 15.1. The fourth-order valence-corrected chi connectivity index (χ4v) is 1.76. The molecule has 6 nitrogen and oxygen atoms in total. The van der Waals surface area contributed by atoms with Crippen LogP contribution in [0.25, 0.3) is 0 Å². The zero-order valence-corrected chi connectivity index (χ0v) is 10.0. The molecule has 1 unspecified atom stereocenters. The van der Waals surface area contributed by atoms with Crippen molar-refractivity contribution < 1.29 is 22.5 Å². The van der Waals surface area contributed by atoms with Gasteiger partial charge in [-0.1, -0.05) is 6.08 Å². The first-order chi connectivity index (χ1) is 6.82. The number of nitrogens with two attached hydrogens (primary N) is 1. The Kier molecular flexibility index (Phi) is 4.68. The molecule has 0 saturated heterocycles. The summed E-state index contributed by atoms with van der Waals surface area (Å²) in [6.07, 6.45) is 3.47. The van der Waals surface area contributed by atoms with Gasteiger partial charge in [0.1, 0.15) is 0 Å². The molecule has 1 amide bonds. The summed E-state index contributed by atoms with van der Waals surface area (Å²) < 4.78 is 35.1. The number of ether oxygens (including phenoxy) is 1. The molecule has 0 aromatic heterocycles. The van der Waals surface area contributed by atoms with Crippen LogP contribution < -0.4 is 5.73 Å². The molecule has 16 heavy (non-hydrogen) atoms. The molecular weight excluding hydrogens is 258 g/mol. The van der Waals surface area contributed by atoms with Crippen molar-refractivity contribution in [3.05, 3.63) is 23.1 Å². The van der Waals surface area contributed by atoms with E-state index in [2.05, 4.69) is 0 Å². The fraction of sp³-hybridized carbons (Fsp3) is 0.375. The lowest BCUT2D eigenvalue weighted by Crippen LogP contribution is -2.44. The van der Waals surface area contributed by atoms with Crippen molar-refractivity contribution in [2.75, 3.05) is 7.11 Å². The van der Waals surface area contributed by atoms with Gasteiger partial charge in [-0.2, -0.15) is 8.42 Å². The van der Waals surface area contributed by atoms with Crippen LogP contribution in [0.4, 0.5) is 0 Å². The van der Waals surface area contributed by atoms with E-state index in [-0.39, 0.29) is 23.7 Å². The number of primary amides is 1. The van der Waals surface area contributed by atoms with Crippen LogP contribution in [0.5, 0.6) is 0 Å². The largest absolute Gasteiger partial charge is 0.367 e. The Hall–Kier alpha value is -0.890. The molecule has 1 rings (SSSR count). The third-order valence-corrected chi connectivity index (χ3v) is 3.10. The molecule has 3 N–H and O–H groups in total. The lowest BCUT2D eigenvalue weighted by Gasteiger charge is -2.26. The van der Waals surface area contributed by atoms with Gasteiger partial charge in [-0.15, -0.1) is 12.4 Å². The maximum atomic E-state index is 11.1. The summed E-state index contributed by atoms with van der Waals surface area (Å²) >= 11 is 0. The van der Waals surface area contributed by atoms with Crippen molar-refractivity contribution >= 4 is 28.4 Å². The molecule has 8 heteroatoms. The van der Waals surface area contributed by atoms with Gasteiger partial charge in [-0.05, 0) is 12.2 Å². The van der Waals surface area contributed by atoms with Crippen LogP contribution in [0.3, 0.4) is 0 Å². The van der Waals surface area contributed by atoms with Crippen LogP contribution in [0.1, 0.15) is 6.42 Å². The van der Waals surface area contributed by atoms with Crippen LogP contribution in [0.2, 0.25) is 0 Å². The number of hydrogen-bond donors (Lipinski definition) is 2. The highest BCUT2D eigenvalue weighted by Crippen LogP contribution is 2.25. The summed E-state index contributed by atoms with van der Waals surface area (Å²) in [5, 5.41) is 0. The average Bonchev–Trinajstić information content (AvgIpc) is 2.16. The molecule has 1 aliphatic carbocycles. The van der Waals surface area contributed by atoms with Crippen LogP contribution in [-0.2, 0) is 19.6 Å². The predicted molar refractivity (Wildman–Crippen MR) is 59.6 cm³/mol. The minimum absolute atomic E-state index is 0. The summed E-state index contributed by atoms with van der Waals surface area (Å²) in [5.74, 6) is -0.716. The standard InChI is InChI=1S/C8H11NO5S.ClH/c1-14-8(7(9)10)4-2-6(3-5-8)15(11,12)13;/h2-4H,5H2,1H3,(H2,9,10)(H,11,12,13);1H. The first-order valence-corrected chi connectivity index (χ1v) is 5.48. The Bertz CT molecular complexity index is 441. The highest BCUT2D eigenvalue weighted by atomic mass is 35.5. The minimum atomic E-state index is -4.24. The molecule has 0 aromatic rings. The zero-order chi connectivity index (χ0) is 11.7. The molecule has 0 aliphatic heterocycles. The molecule has 0 saturated carbocycles. The number of carbonyl (C=O) groups is 1. The summed E-state index contributed by atoms with van der Waals surface area (Å²) in [7, 11) is -2.95. The quantitative estimate of drug-likeness (QED) is 0.702. The van der Waals surface area contributed by atoms with Gasteiger partial charge in [0.2, 0.25) is 0 Å². The van der Waals surface area contributed by atoms with Gasteiger partial charge < -0.3 is 10.5 Å². The molecule has 92 valence electrons. The van der Waals surface area contributed by atoms with E-state index in [1.807, 2.05) is 0 Å². The van der Waals surface area contributed by atoms with Crippen LogP contribution in [0.15, 0.2) is 23.1 Å². The van der Waals surface area contributed by atoms with Crippen LogP contribution >= 0.6 is 12.4 Å². The van der Waals surface area contributed by atoms with Gasteiger partial charge in [0.15, 0.2) is 5.60 Å². The van der Waals surface area contributed by atoms with E-state index < -0.39 is 21.6 Å². The van der Waals surface area contributed by atoms with Crippen molar-refractivity contribution in [1.82, 2.24) is 0 Å². The second kappa shape index (κ2) is 4.96. The van der Waals surface area contributed by atoms with E-state index in [4.69, 9.17) is 15.0 Å². The van der Waals surface area contributed by atoms with E-state index in [0.29, 0.717) is 0 Å². The van der Waals surface area contributed by atoms with Crippen molar-refractivity contribution in [3.8, 4) is 0 Å². The third kappa shape index (κ3) is 2.82. The van der Waals surface area contributed by atoms with Gasteiger partial charge in [-0.3, -0.25) is 9.35 Å². The SMILES string of the molecule is COC1(C(N)=O)C=CC(S(=O)(=O)O)=CC1.Cl. The number of hydrogen-bond acceptors (Lipinski definition) is 4. The second-order valence-electron chi connectivity index (χ2n) is 3.08. The molecule has 1 atom stereocenters. The monoisotopic (exact) mass is 269 g/mol. The van der Waals surface area contributed by atoms with Gasteiger partial charge in [0, 0.05) is 13.5 Å². The third-order valence-electron chi connectivity index (χ3n) is 2.20. The topological polar surface area (TPSA) is 107 Å². The van der Waals surface area contributed by atoms with E-state index in [1.54, 1.807) is 0 Å². The van der Waals surface area contributed by atoms with Crippen molar-refractivity contribution in [3.63, 3.8) is 0 Å². The van der Waals surface area contributed by atoms with Gasteiger partial charge in [0.25, 0.3) is 16.0 Å². The Morgan fingerprint density at radius 1 is 1.62 bits per heavy atom. The molecule has 0 aromatic carbocycles. The van der Waals surface area contributed by atoms with Gasteiger partial charge in [0.05, 0.1) is 4.91 Å². The summed E-state index contributed by atoms with van der Waals surface area (Å²) in [6, 6.07) is 0. The average molecular weight is 270 g/mol. The number of carbonyl (C=O) groups excluding carboxylic acids is 1. The minimum Gasteiger partial charge on any atom is -0.367 e. The maximum Gasteiger partial charge on any atom is 0.294 e. The van der Waals surface area contributed by atoms with E-state index in [0.717, 1.165) is 6.08 Å². The molecule has 0 heterocycles.